The van der Waals surface area contributed by atoms with Crippen LogP contribution in [0.4, 0.5) is 13.2 Å². The van der Waals surface area contributed by atoms with E-state index in [0.29, 0.717) is 85.7 Å². The Morgan fingerprint density at radius 2 is 1.76 bits per heavy atom. The minimum Gasteiger partial charge on any atom is -0.480 e. The van der Waals surface area contributed by atoms with Crippen LogP contribution in [0.15, 0.2) is 53.1 Å². The normalized spacial score (nSPS) is 21.4. The first-order valence-electron chi connectivity index (χ1n) is 19.7. The van der Waals surface area contributed by atoms with Crippen LogP contribution in [-0.4, -0.2) is 88.8 Å². The summed E-state index contributed by atoms with van der Waals surface area (Å²) in [5.41, 5.74) is 3.99. The van der Waals surface area contributed by atoms with Crippen LogP contribution in [0.25, 0.3) is 44.9 Å². The highest BCUT2D eigenvalue weighted by molar-refractivity contribution is 7.90. The molecule has 3 fully saturated rings. The lowest BCUT2D eigenvalue weighted by Gasteiger charge is -2.25. The van der Waals surface area contributed by atoms with Crippen LogP contribution in [0, 0.1) is 12.8 Å². The summed E-state index contributed by atoms with van der Waals surface area (Å²) < 4.78 is 83.6. The second kappa shape index (κ2) is 15.1. The van der Waals surface area contributed by atoms with E-state index in [1.54, 1.807) is 31.5 Å². The Morgan fingerprint density at radius 1 is 1.02 bits per heavy atom. The predicted octanol–water partition coefficient (Wildman–Crippen LogP) is 7.09. The highest BCUT2D eigenvalue weighted by Gasteiger charge is 2.45. The summed E-state index contributed by atoms with van der Waals surface area (Å²) in [6, 6.07) is 12.2. The zero-order valence-electron chi connectivity index (χ0n) is 32.4. The van der Waals surface area contributed by atoms with Gasteiger partial charge in [-0.3, -0.25) is 24.3 Å². The molecule has 2 aliphatic heterocycles. The maximum Gasteiger partial charge on any atom is 0.420 e. The lowest BCUT2D eigenvalue weighted by Crippen LogP contribution is -2.38. The molecule has 59 heavy (non-hydrogen) atoms. The fourth-order valence-corrected chi connectivity index (χ4v) is 10.6. The summed E-state index contributed by atoms with van der Waals surface area (Å²) in [5, 5.41) is 9.67. The average Bonchev–Trinajstić information content (AvgIpc) is 3.45. The van der Waals surface area contributed by atoms with Crippen molar-refractivity contribution in [3.8, 4) is 39.7 Å². The van der Waals surface area contributed by atoms with Crippen LogP contribution >= 0.6 is 11.6 Å². The Bertz CT molecular complexity index is 2600. The van der Waals surface area contributed by atoms with Gasteiger partial charge in [-0.05, 0) is 86.4 Å². The summed E-state index contributed by atoms with van der Waals surface area (Å²) in [4.78, 5) is 31.0. The van der Waals surface area contributed by atoms with Gasteiger partial charge in [-0.2, -0.15) is 13.2 Å². The van der Waals surface area contributed by atoms with Crippen molar-refractivity contribution in [3.05, 3.63) is 81.6 Å². The average molecular weight is 851 g/mol. The molecule has 0 radical (unpaired) electrons. The van der Waals surface area contributed by atoms with Crippen molar-refractivity contribution in [2.45, 2.75) is 75.6 Å². The number of nitrogens with one attached hydrogen (secondary N) is 1. The number of amides is 1. The first kappa shape index (κ1) is 39.8. The van der Waals surface area contributed by atoms with E-state index in [1.165, 1.54) is 0 Å². The Hall–Kier alpha value is -4.61. The number of carbonyl (C=O) groups excluding carboxylic acids is 1. The van der Waals surface area contributed by atoms with E-state index >= 15 is 0 Å². The standard InChI is InChI=1S/C42H42ClF3N6O6S/c1-22-26(5-3-6-27(22)33-18-47-34(41(49-33)57-2)21-51-15-14-24(53)20-51)29-7-4-8-30(37(29)43)40-48-32-17-31-28(36(38(32)58-40)42(44,45)46)11-12-35(31)52-16-13-23(19-52)39(54)50-59(55,56)25-9-10-25/h3-8,17-18,23-25,35,53H,9-16,19-21H2,1-2H3,(H,50,54)/t23-,24-,35-/m1/s1. The molecule has 1 saturated carbocycles. The quantitative estimate of drug-likeness (QED) is 0.148. The summed E-state index contributed by atoms with van der Waals surface area (Å²) in [5.74, 6) is -0.829. The number of halogens is 4. The number of aromatic nitrogens is 3. The fraction of sp³-hybridized carbons (Fsp3) is 0.429. The number of aliphatic hydroxyl groups is 1. The minimum absolute atomic E-state index is 0.0403. The lowest BCUT2D eigenvalue weighted by molar-refractivity contribution is -0.137. The number of alkyl halides is 3. The van der Waals surface area contributed by atoms with Gasteiger partial charge in [0.25, 0.3) is 0 Å². The number of ether oxygens (including phenoxy) is 1. The second-order valence-corrected chi connectivity index (χ2v) is 18.3. The van der Waals surface area contributed by atoms with E-state index in [9.17, 15) is 31.5 Å². The molecule has 3 atom stereocenters. The number of rotatable bonds is 10. The topological polar surface area (TPSA) is 151 Å². The van der Waals surface area contributed by atoms with Crippen molar-refractivity contribution in [2.24, 2.45) is 5.92 Å². The van der Waals surface area contributed by atoms with E-state index in [-0.39, 0.29) is 46.6 Å². The van der Waals surface area contributed by atoms with Crippen LogP contribution < -0.4 is 9.46 Å². The second-order valence-electron chi connectivity index (χ2n) is 16.0. The van der Waals surface area contributed by atoms with E-state index in [0.717, 1.165) is 23.2 Å². The number of benzene rings is 3. The van der Waals surface area contributed by atoms with Crippen molar-refractivity contribution in [1.82, 2.24) is 29.5 Å². The van der Waals surface area contributed by atoms with E-state index in [4.69, 9.17) is 25.7 Å². The number of carbonyl (C=O) groups is 1. The van der Waals surface area contributed by atoms with Crippen LogP contribution in [0.5, 0.6) is 5.88 Å². The molecule has 12 nitrogen and oxygen atoms in total. The molecule has 2 aromatic heterocycles. The Morgan fingerprint density at radius 3 is 2.47 bits per heavy atom. The zero-order valence-corrected chi connectivity index (χ0v) is 33.9. The van der Waals surface area contributed by atoms with Crippen molar-refractivity contribution in [2.75, 3.05) is 33.3 Å². The Kier molecular flexibility index (Phi) is 10.2. The van der Waals surface area contributed by atoms with Gasteiger partial charge in [0, 0.05) is 43.3 Å². The van der Waals surface area contributed by atoms with Crippen molar-refractivity contribution < 1.29 is 40.6 Å². The number of hydrogen-bond acceptors (Lipinski definition) is 11. The maximum absolute atomic E-state index is 15.0. The first-order chi connectivity index (χ1) is 28.2. The highest BCUT2D eigenvalue weighted by atomic mass is 35.5. The zero-order chi connectivity index (χ0) is 41.4. The number of aliphatic hydroxyl groups excluding tert-OH is 1. The molecule has 3 aromatic carbocycles. The lowest BCUT2D eigenvalue weighted by atomic mass is 9.94. The van der Waals surface area contributed by atoms with Crippen molar-refractivity contribution in [1.29, 1.82) is 0 Å². The molecule has 2 N–H and O–H groups in total. The van der Waals surface area contributed by atoms with Gasteiger partial charge >= 0.3 is 6.18 Å². The smallest absolute Gasteiger partial charge is 0.420 e. The van der Waals surface area contributed by atoms with Gasteiger partial charge in [0.15, 0.2) is 5.58 Å². The molecule has 2 saturated heterocycles. The number of hydrogen-bond donors (Lipinski definition) is 2. The van der Waals surface area contributed by atoms with E-state index in [2.05, 4.69) is 19.6 Å². The SMILES string of the molecule is COc1nc(-c2cccc(-c3cccc(-c4nc5cc6c(c(C(F)(F)F)c5o4)CC[C@H]6N4CC[C@@H](C(=O)NS(=O)(=O)C5CC5)C4)c3Cl)c2C)cnc1CN1CC[C@@H](O)C1. The van der Waals surface area contributed by atoms with Gasteiger partial charge in [0.2, 0.25) is 27.7 Å². The van der Waals surface area contributed by atoms with Gasteiger partial charge in [-0.25, -0.2) is 18.4 Å². The maximum atomic E-state index is 15.0. The molecule has 310 valence electrons. The fourth-order valence-electron chi connectivity index (χ4n) is 8.97. The van der Waals surface area contributed by atoms with Gasteiger partial charge in [-0.15, -0.1) is 0 Å². The third kappa shape index (κ3) is 7.47. The molecule has 4 heterocycles. The molecular formula is C42H42ClF3N6O6S. The molecule has 0 bridgehead atoms. The number of oxazole rings is 1. The van der Waals surface area contributed by atoms with Gasteiger partial charge in [-0.1, -0.05) is 41.9 Å². The molecule has 5 aromatic rings. The molecular weight excluding hydrogens is 809 g/mol. The number of likely N-dealkylation sites (tertiary alicyclic amines) is 2. The van der Waals surface area contributed by atoms with Crippen LogP contribution in [-0.2, 0) is 34.0 Å². The Labute approximate surface area is 343 Å². The molecule has 1 amide bonds. The molecule has 0 spiro atoms. The summed E-state index contributed by atoms with van der Waals surface area (Å²) in [6.07, 6.45) is -0.705. The van der Waals surface area contributed by atoms with E-state index in [1.807, 2.05) is 36.1 Å². The predicted molar refractivity (Wildman–Crippen MR) is 214 cm³/mol. The number of sulfonamides is 1. The van der Waals surface area contributed by atoms with Crippen LogP contribution in [0.1, 0.15) is 66.1 Å². The summed E-state index contributed by atoms with van der Waals surface area (Å²) >= 11 is 7.11. The number of nitrogens with zero attached hydrogens (tertiary/aromatic N) is 5. The first-order valence-corrected chi connectivity index (χ1v) is 21.6. The molecule has 9 rings (SSSR count). The largest absolute Gasteiger partial charge is 0.480 e. The number of methoxy groups -OCH3 is 1. The number of β-amino-alcohol motifs (C(OH)–C–C–N with tert-alkyl or cyclic N) is 1. The number of fused-ring (bicyclic) bond motifs is 2. The highest BCUT2D eigenvalue weighted by Crippen LogP contribution is 2.49. The third-order valence-electron chi connectivity index (χ3n) is 12.1. The van der Waals surface area contributed by atoms with Crippen molar-refractivity contribution in [3.63, 3.8) is 0 Å². The van der Waals surface area contributed by atoms with Gasteiger partial charge in [0.05, 0.1) is 46.9 Å². The summed E-state index contributed by atoms with van der Waals surface area (Å²) in [6.45, 7) is 4.41. The van der Waals surface area contributed by atoms with Gasteiger partial charge < -0.3 is 14.3 Å². The Balaban J connectivity index is 1.02. The third-order valence-corrected chi connectivity index (χ3v) is 14.4. The summed E-state index contributed by atoms with van der Waals surface area (Å²) in [7, 11) is -2.17. The van der Waals surface area contributed by atoms with Crippen LogP contribution in [0.3, 0.4) is 0 Å². The molecule has 0 unspecified atom stereocenters. The monoisotopic (exact) mass is 850 g/mol. The molecule has 4 aliphatic rings. The molecule has 2 aliphatic carbocycles. The van der Waals surface area contributed by atoms with Crippen molar-refractivity contribution >= 4 is 38.6 Å². The van der Waals surface area contributed by atoms with Crippen LogP contribution in [0.2, 0.25) is 5.02 Å². The molecule has 17 heteroatoms. The van der Waals surface area contributed by atoms with Gasteiger partial charge in [0.1, 0.15) is 16.8 Å². The van der Waals surface area contributed by atoms with E-state index < -0.39 is 44.9 Å². The minimum atomic E-state index is -4.75.